The molecule has 28 heavy (non-hydrogen) atoms. The Hall–Kier alpha value is -0.870. The summed E-state index contributed by atoms with van der Waals surface area (Å²) in [5, 5.41) is 10.5. The van der Waals surface area contributed by atoms with E-state index in [0.717, 1.165) is 19.3 Å². The molecule has 0 saturated heterocycles. The van der Waals surface area contributed by atoms with Gasteiger partial charge >= 0.3 is 0 Å². The zero-order valence-electron chi connectivity index (χ0n) is 18.9. The van der Waals surface area contributed by atoms with E-state index in [1.165, 1.54) is 70.6 Å². The summed E-state index contributed by atoms with van der Waals surface area (Å²) in [6.45, 7) is 6.07. The van der Waals surface area contributed by atoms with Gasteiger partial charge in [0, 0.05) is 6.04 Å². The second kappa shape index (κ2) is 17.0. The van der Waals surface area contributed by atoms with Crippen molar-refractivity contribution in [2.24, 2.45) is 17.4 Å². The number of rotatable bonds is 19. The maximum atomic E-state index is 11.6. The number of carbonyl (C=O) groups excluding carboxylic acids is 1. The third kappa shape index (κ3) is 12.6. The van der Waals surface area contributed by atoms with Crippen molar-refractivity contribution in [3.63, 3.8) is 0 Å². The molecule has 0 aliphatic rings. The summed E-state index contributed by atoms with van der Waals surface area (Å²) < 4.78 is 0. The van der Waals surface area contributed by atoms with Crippen LogP contribution in [0.4, 0.5) is 0 Å². The first kappa shape index (κ1) is 27.1. The molecule has 0 aromatic carbocycles. The lowest BCUT2D eigenvalue weighted by Crippen LogP contribution is -2.59. The van der Waals surface area contributed by atoms with Crippen molar-refractivity contribution in [1.82, 2.24) is 0 Å². The van der Waals surface area contributed by atoms with Crippen molar-refractivity contribution in [3.05, 3.63) is 12.2 Å². The SMILES string of the molecule is CCCCCCCC/C=C\CCCCCCCCC(O)(C(N)=O)[C@H](N)C(C)C. The van der Waals surface area contributed by atoms with Gasteiger partial charge in [0.15, 0.2) is 5.60 Å². The first-order valence-corrected chi connectivity index (χ1v) is 11.8. The van der Waals surface area contributed by atoms with Gasteiger partial charge in [0.1, 0.15) is 0 Å². The molecule has 2 atom stereocenters. The van der Waals surface area contributed by atoms with Crippen molar-refractivity contribution in [2.45, 2.75) is 129 Å². The number of hydrogen-bond donors (Lipinski definition) is 3. The highest BCUT2D eigenvalue weighted by Crippen LogP contribution is 2.23. The minimum absolute atomic E-state index is 0.0200. The Balaban J connectivity index is 3.61. The van der Waals surface area contributed by atoms with Gasteiger partial charge in [-0.15, -0.1) is 0 Å². The first-order chi connectivity index (χ1) is 13.4. The van der Waals surface area contributed by atoms with Gasteiger partial charge < -0.3 is 16.6 Å². The van der Waals surface area contributed by atoms with Gasteiger partial charge in [-0.25, -0.2) is 0 Å². The lowest BCUT2D eigenvalue weighted by atomic mass is 9.82. The van der Waals surface area contributed by atoms with E-state index in [1.54, 1.807) is 0 Å². The number of primary amides is 1. The van der Waals surface area contributed by atoms with Gasteiger partial charge in [0.2, 0.25) is 0 Å². The second-order valence-corrected chi connectivity index (χ2v) is 8.75. The topological polar surface area (TPSA) is 89.3 Å². The molecule has 0 heterocycles. The van der Waals surface area contributed by atoms with Gasteiger partial charge in [0.25, 0.3) is 5.91 Å². The zero-order chi connectivity index (χ0) is 21.3. The van der Waals surface area contributed by atoms with Crippen LogP contribution in [0.3, 0.4) is 0 Å². The van der Waals surface area contributed by atoms with Gasteiger partial charge in [-0.1, -0.05) is 90.7 Å². The van der Waals surface area contributed by atoms with Gasteiger partial charge in [-0.2, -0.15) is 0 Å². The first-order valence-electron chi connectivity index (χ1n) is 11.8. The Morgan fingerprint density at radius 1 is 0.857 bits per heavy atom. The van der Waals surface area contributed by atoms with Gasteiger partial charge in [-0.05, 0) is 44.4 Å². The number of carbonyl (C=O) groups is 1. The van der Waals surface area contributed by atoms with E-state index in [0.29, 0.717) is 6.42 Å². The number of aliphatic hydroxyl groups is 1. The van der Waals surface area contributed by atoms with Crippen LogP contribution in [0.1, 0.15) is 117 Å². The van der Waals surface area contributed by atoms with Crippen molar-refractivity contribution in [3.8, 4) is 0 Å². The Kier molecular flexibility index (Phi) is 16.5. The van der Waals surface area contributed by atoms with E-state index >= 15 is 0 Å². The molecule has 0 saturated carbocycles. The van der Waals surface area contributed by atoms with Gasteiger partial charge in [-0.3, -0.25) is 4.79 Å². The summed E-state index contributed by atoms with van der Waals surface area (Å²) in [5.74, 6) is -0.673. The predicted octanol–water partition coefficient (Wildman–Crippen LogP) is 5.61. The third-order valence-electron chi connectivity index (χ3n) is 5.77. The molecule has 0 fully saturated rings. The minimum Gasteiger partial charge on any atom is -0.378 e. The van der Waals surface area contributed by atoms with E-state index in [9.17, 15) is 9.90 Å². The standard InChI is InChI=1S/C24H48N2O2/c1-4-5-6-7-8-9-10-11-12-13-14-15-16-17-18-19-20-24(28,23(26)27)22(25)21(2)3/h11-12,21-22,28H,4-10,13-20,25H2,1-3H3,(H2,26,27)/b12-11-/t22-,24?/m1/s1. The maximum absolute atomic E-state index is 11.6. The number of allylic oxidation sites excluding steroid dienone is 2. The van der Waals surface area contributed by atoms with Crippen LogP contribution in [0.15, 0.2) is 12.2 Å². The third-order valence-corrected chi connectivity index (χ3v) is 5.77. The number of nitrogens with two attached hydrogens (primary N) is 2. The summed E-state index contributed by atoms with van der Waals surface area (Å²) in [7, 11) is 0. The minimum atomic E-state index is -1.57. The maximum Gasteiger partial charge on any atom is 0.251 e. The van der Waals surface area contributed by atoms with E-state index in [-0.39, 0.29) is 5.92 Å². The van der Waals surface area contributed by atoms with Crippen LogP contribution in [0, 0.1) is 5.92 Å². The van der Waals surface area contributed by atoms with Crippen LogP contribution in [0.2, 0.25) is 0 Å². The van der Waals surface area contributed by atoms with Crippen molar-refractivity contribution in [2.75, 3.05) is 0 Å². The molecule has 166 valence electrons. The molecule has 0 bridgehead atoms. The summed E-state index contributed by atoms with van der Waals surface area (Å²) in [6, 6.07) is -0.604. The second-order valence-electron chi connectivity index (χ2n) is 8.75. The summed E-state index contributed by atoms with van der Waals surface area (Å²) >= 11 is 0. The van der Waals surface area contributed by atoms with Crippen LogP contribution in [-0.4, -0.2) is 22.7 Å². The van der Waals surface area contributed by atoms with Crippen molar-refractivity contribution >= 4 is 5.91 Å². The van der Waals surface area contributed by atoms with Crippen LogP contribution in [0.25, 0.3) is 0 Å². The zero-order valence-corrected chi connectivity index (χ0v) is 18.9. The highest BCUT2D eigenvalue weighted by atomic mass is 16.3. The summed E-state index contributed by atoms with van der Waals surface area (Å²) in [5.41, 5.74) is 9.83. The molecule has 1 amide bonds. The highest BCUT2D eigenvalue weighted by molar-refractivity contribution is 5.84. The van der Waals surface area contributed by atoms with Crippen molar-refractivity contribution < 1.29 is 9.90 Å². The lowest BCUT2D eigenvalue weighted by Gasteiger charge is -2.33. The van der Waals surface area contributed by atoms with E-state index in [4.69, 9.17) is 11.5 Å². The Labute approximate surface area is 174 Å². The molecule has 0 aliphatic carbocycles. The normalized spacial score (nSPS) is 15.2. The van der Waals surface area contributed by atoms with Crippen LogP contribution >= 0.6 is 0 Å². The molecule has 1 unspecified atom stereocenters. The molecular formula is C24H48N2O2. The Morgan fingerprint density at radius 3 is 1.71 bits per heavy atom. The summed E-state index contributed by atoms with van der Waals surface area (Å²) in [6.07, 6.45) is 22.3. The molecular weight excluding hydrogens is 348 g/mol. The highest BCUT2D eigenvalue weighted by Gasteiger charge is 2.41. The lowest BCUT2D eigenvalue weighted by molar-refractivity contribution is -0.140. The smallest absolute Gasteiger partial charge is 0.251 e. The summed E-state index contributed by atoms with van der Waals surface area (Å²) in [4.78, 5) is 11.6. The fourth-order valence-corrected chi connectivity index (χ4v) is 3.65. The average molecular weight is 397 g/mol. The largest absolute Gasteiger partial charge is 0.378 e. The molecule has 4 heteroatoms. The van der Waals surface area contributed by atoms with E-state index < -0.39 is 17.6 Å². The van der Waals surface area contributed by atoms with E-state index in [2.05, 4.69) is 19.1 Å². The number of hydrogen-bond acceptors (Lipinski definition) is 3. The molecule has 5 N–H and O–H groups in total. The van der Waals surface area contributed by atoms with Crippen LogP contribution < -0.4 is 11.5 Å². The monoisotopic (exact) mass is 396 g/mol. The fourth-order valence-electron chi connectivity index (χ4n) is 3.65. The Bertz CT molecular complexity index is 409. The molecule has 0 aromatic rings. The predicted molar refractivity (Wildman–Crippen MR) is 121 cm³/mol. The fraction of sp³-hybridized carbons (Fsp3) is 0.875. The molecule has 0 radical (unpaired) electrons. The molecule has 0 aliphatic heterocycles. The average Bonchev–Trinajstić information content (AvgIpc) is 2.66. The molecule has 4 nitrogen and oxygen atoms in total. The Morgan fingerprint density at radius 2 is 1.29 bits per heavy atom. The number of amides is 1. The van der Waals surface area contributed by atoms with Crippen LogP contribution in [0.5, 0.6) is 0 Å². The van der Waals surface area contributed by atoms with Gasteiger partial charge in [0.05, 0.1) is 0 Å². The molecule has 0 aromatic heterocycles. The number of unbranched alkanes of at least 4 members (excludes halogenated alkanes) is 12. The quantitative estimate of drug-likeness (QED) is 0.196. The van der Waals surface area contributed by atoms with E-state index in [1.807, 2.05) is 13.8 Å². The molecule has 0 rings (SSSR count). The van der Waals surface area contributed by atoms with Crippen LogP contribution in [-0.2, 0) is 4.79 Å². The van der Waals surface area contributed by atoms with Crippen molar-refractivity contribution in [1.29, 1.82) is 0 Å². The molecule has 0 spiro atoms.